The minimum absolute atomic E-state index is 0.0491. The van der Waals surface area contributed by atoms with E-state index in [4.69, 9.17) is 25.8 Å². The van der Waals surface area contributed by atoms with Gasteiger partial charge in [0, 0.05) is 5.56 Å². The molecular weight excluding hydrogens is 390 g/mol. The molecule has 1 aliphatic rings. The van der Waals surface area contributed by atoms with Gasteiger partial charge >= 0.3 is 5.97 Å². The fourth-order valence-electron chi connectivity index (χ4n) is 2.86. The van der Waals surface area contributed by atoms with Gasteiger partial charge < -0.3 is 14.2 Å². The zero-order chi connectivity index (χ0) is 21.0. The lowest BCUT2D eigenvalue weighted by Crippen LogP contribution is -2.08. The molecule has 0 amide bonds. The van der Waals surface area contributed by atoms with Gasteiger partial charge in [0.1, 0.15) is 0 Å². The summed E-state index contributed by atoms with van der Waals surface area (Å²) in [4.78, 5) is 16.7. The molecule has 5 nitrogen and oxygen atoms in total. The van der Waals surface area contributed by atoms with E-state index in [9.17, 15) is 4.79 Å². The second kappa shape index (κ2) is 9.14. The van der Waals surface area contributed by atoms with Gasteiger partial charge in [0.15, 0.2) is 17.2 Å². The summed E-state index contributed by atoms with van der Waals surface area (Å²) in [7, 11) is 0. The summed E-state index contributed by atoms with van der Waals surface area (Å²) >= 11 is 6.40. The Hall–Kier alpha value is -2.79. The van der Waals surface area contributed by atoms with Gasteiger partial charge in [-0.2, -0.15) is 0 Å². The highest BCUT2D eigenvalue weighted by atomic mass is 35.5. The zero-order valence-corrected chi connectivity index (χ0v) is 17.7. The minimum atomic E-state index is -0.504. The fraction of sp³-hybridized carbons (Fsp3) is 0.304. The predicted octanol–water partition coefficient (Wildman–Crippen LogP) is 5.43. The number of cyclic esters (lactones) is 1. The zero-order valence-electron chi connectivity index (χ0n) is 17.0. The molecule has 2 aromatic rings. The van der Waals surface area contributed by atoms with Crippen molar-refractivity contribution in [3.8, 4) is 11.5 Å². The first-order valence-electron chi connectivity index (χ1n) is 9.66. The second-order valence-corrected chi connectivity index (χ2v) is 7.22. The molecule has 0 aromatic heterocycles. The number of rotatable bonds is 7. The number of hydrogen-bond donors (Lipinski definition) is 0. The normalized spacial score (nSPS) is 14.9. The molecule has 29 heavy (non-hydrogen) atoms. The number of nitrogens with zero attached hydrogens (tertiary/aromatic N) is 1. The quantitative estimate of drug-likeness (QED) is 0.448. The molecule has 0 aliphatic carbocycles. The second-order valence-electron chi connectivity index (χ2n) is 6.82. The van der Waals surface area contributed by atoms with Gasteiger partial charge in [0.25, 0.3) is 0 Å². The Kier molecular flexibility index (Phi) is 6.60. The van der Waals surface area contributed by atoms with E-state index in [0.717, 1.165) is 12.0 Å². The molecule has 0 atom stereocenters. The number of hydrogen-bond acceptors (Lipinski definition) is 5. The van der Waals surface area contributed by atoms with E-state index in [-0.39, 0.29) is 11.8 Å². The van der Waals surface area contributed by atoms with Crippen LogP contribution in [-0.4, -0.2) is 24.6 Å². The van der Waals surface area contributed by atoms with Crippen LogP contribution in [0.3, 0.4) is 0 Å². The Morgan fingerprint density at radius 1 is 1.17 bits per heavy atom. The summed E-state index contributed by atoms with van der Waals surface area (Å²) in [6.45, 7) is 8.26. The number of esters is 1. The lowest BCUT2D eigenvalue weighted by molar-refractivity contribution is -0.129. The molecule has 2 aromatic carbocycles. The minimum Gasteiger partial charge on any atom is -0.490 e. The highest BCUT2D eigenvalue weighted by Gasteiger charge is 2.24. The fourth-order valence-corrected chi connectivity index (χ4v) is 3.12. The molecule has 1 aliphatic heterocycles. The first kappa shape index (κ1) is 20.9. The van der Waals surface area contributed by atoms with E-state index in [0.29, 0.717) is 34.6 Å². The molecular formula is C23H24ClNO4. The number of ether oxygens (including phenoxy) is 3. The monoisotopic (exact) mass is 413 g/mol. The highest BCUT2D eigenvalue weighted by molar-refractivity contribution is 6.32. The molecule has 0 bridgehead atoms. The third-order valence-corrected chi connectivity index (χ3v) is 4.50. The van der Waals surface area contributed by atoms with E-state index in [2.05, 4.69) is 11.9 Å². The molecule has 6 heteroatoms. The van der Waals surface area contributed by atoms with Crippen LogP contribution in [0, 0.1) is 0 Å². The molecule has 3 rings (SSSR count). The number of benzene rings is 2. The molecule has 0 radical (unpaired) electrons. The summed E-state index contributed by atoms with van der Waals surface area (Å²) in [6, 6.07) is 11.3. The third-order valence-electron chi connectivity index (χ3n) is 4.22. The number of halogens is 1. The van der Waals surface area contributed by atoms with Crippen LogP contribution in [0.5, 0.6) is 11.5 Å². The van der Waals surface area contributed by atoms with Gasteiger partial charge in [0.2, 0.25) is 5.90 Å². The maximum atomic E-state index is 12.3. The average molecular weight is 414 g/mol. The molecule has 1 heterocycles. The Morgan fingerprint density at radius 3 is 2.52 bits per heavy atom. The largest absolute Gasteiger partial charge is 0.490 e. The number of carbonyl (C=O) groups excluding carboxylic acids is 1. The van der Waals surface area contributed by atoms with Crippen LogP contribution in [0.25, 0.3) is 6.08 Å². The van der Waals surface area contributed by atoms with Crippen molar-refractivity contribution in [2.45, 2.75) is 40.2 Å². The van der Waals surface area contributed by atoms with E-state index in [1.807, 2.05) is 45.0 Å². The van der Waals surface area contributed by atoms with Crippen molar-refractivity contribution in [1.82, 2.24) is 0 Å². The van der Waals surface area contributed by atoms with Crippen molar-refractivity contribution >= 4 is 29.5 Å². The van der Waals surface area contributed by atoms with Crippen LogP contribution >= 0.6 is 11.6 Å². The van der Waals surface area contributed by atoms with Crippen LogP contribution in [0.2, 0.25) is 5.02 Å². The first-order chi connectivity index (χ1) is 13.9. The summed E-state index contributed by atoms with van der Waals surface area (Å²) < 4.78 is 16.8. The van der Waals surface area contributed by atoms with Gasteiger partial charge in [-0.05, 0) is 68.7 Å². The molecule has 0 saturated heterocycles. The van der Waals surface area contributed by atoms with Gasteiger partial charge in [-0.3, -0.25) is 0 Å². The van der Waals surface area contributed by atoms with Crippen molar-refractivity contribution in [2.24, 2.45) is 4.99 Å². The standard InChI is InChI=1S/C23H24ClNO4/c1-5-15-7-9-17(10-8-15)22-25-19(23(26)29-22)12-16-11-18(24)21(28-14(3)4)20(13-16)27-6-2/h7-14H,5-6H2,1-4H3. The summed E-state index contributed by atoms with van der Waals surface area (Å²) in [5.74, 6) is 0.794. The Morgan fingerprint density at radius 2 is 1.90 bits per heavy atom. The Labute approximate surface area is 176 Å². The van der Waals surface area contributed by atoms with Gasteiger partial charge in [0.05, 0.1) is 17.7 Å². The van der Waals surface area contributed by atoms with Crippen molar-refractivity contribution in [3.05, 3.63) is 63.8 Å². The van der Waals surface area contributed by atoms with Crippen LogP contribution in [0.15, 0.2) is 47.1 Å². The van der Waals surface area contributed by atoms with Gasteiger partial charge in [-0.15, -0.1) is 0 Å². The number of carbonyl (C=O) groups is 1. The number of aliphatic imine (C=N–C) groups is 1. The molecule has 0 N–H and O–H groups in total. The first-order valence-corrected chi connectivity index (χ1v) is 10.0. The highest BCUT2D eigenvalue weighted by Crippen LogP contribution is 2.38. The molecule has 0 spiro atoms. The number of aryl methyl sites for hydroxylation is 1. The lowest BCUT2D eigenvalue weighted by Gasteiger charge is -2.16. The third kappa shape index (κ3) is 4.98. The van der Waals surface area contributed by atoms with Crippen LogP contribution in [0.1, 0.15) is 44.4 Å². The Bertz CT molecular complexity index is 962. The molecule has 0 saturated carbocycles. The van der Waals surface area contributed by atoms with Crippen molar-refractivity contribution in [3.63, 3.8) is 0 Å². The average Bonchev–Trinajstić information content (AvgIpc) is 3.05. The SMILES string of the molecule is CCOc1cc(C=C2N=C(c3ccc(CC)cc3)OC2=O)cc(Cl)c1OC(C)C. The van der Waals surface area contributed by atoms with E-state index < -0.39 is 5.97 Å². The van der Waals surface area contributed by atoms with Gasteiger partial charge in [-0.1, -0.05) is 30.7 Å². The van der Waals surface area contributed by atoms with E-state index in [1.165, 1.54) is 5.56 Å². The maximum Gasteiger partial charge on any atom is 0.363 e. The van der Waals surface area contributed by atoms with Crippen molar-refractivity contribution in [1.29, 1.82) is 0 Å². The molecule has 152 valence electrons. The molecule has 0 unspecified atom stereocenters. The van der Waals surface area contributed by atoms with Crippen LogP contribution in [-0.2, 0) is 16.0 Å². The van der Waals surface area contributed by atoms with E-state index >= 15 is 0 Å². The lowest BCUT2D eigenvalue weighted by atomic mass is 10.1. The van der Waals surface area contributed by atoms with E-state index in [1.54, 1.807) is 18.2 Å². The maximum absolute atomic E-state index is 12.3. The van der Waals surface area contributed by atoms with Crippen molar-refractivity contribution < 1.29 is 19.0 Å². The van der Waals surface area contributed by atoms with Crippen molar-refractivity contribution in [2.75, 3.05) is 6.61 Å². The molecule has 0 fully saturated rings. The van der Waals surface area contributed by atoms with Crippen LogP contribution in [0.4, 0.5) is 0 Å². The summed E-state index contributed by atoms with van der Waals surface area (Å²) in [5, 5.41) is 0.405. The topological polar surface area (TPSA) is 57.1 Å². The van der Waals surface area contributed by atoms with Gasteiger partial charge in [-0.25, -0.2) is 9.79 Å². The smallest absolute Gasteiger partial charge is 0.363 e. The van der Waals surface area contributed by atoms with Crippen LogP contribution < -0.4 is 9.47 Å². The summed E-state index contributed by atoms with van der Waals surface area (Å²) in [6.07, 6.45) is 2.52. The summed E-state index contributed by atoms with van der Waals surface area (Å²) in [5.41, 5.74) is 2.84. The Balaban J connectivity index is 1.93. The predicted molar refractivity (Wildman–Crippen MR) is 115 cm³/mol.